The molecule has 2 rings (SSSR count). The summed E-state index contributed by atoms with van der Waals surface area (Å²) < 4.78 is 0. The molecule has 1 aliphatic rings. The lowest BCUT2D eigenvalue weighted by molar-refractivity contribution is 0.172. The second kappa shape index (κ2) is 4.11. The molecular formula is C12H17NO2. The molecule has 0 amide bonds. The highest BCUT2D eigenvalue weighted by Crippen LogP contribution is 2.26. The number of nitrogens with one attached hydrogen (secondary N) is 1. The molecule has 0 saturated heterocycles. The van der Waals surface area contributed by atoms with Crippen LogP contribution in [0.1, 0.15) is 24.8 Å². The third-order valence-electron chi connectivity index (χ3n) is 3.03. The number of aryl methyl sites for hydroxylation is 1. The topological polar surface area (TPSA) is 52.5 Å². The van der Waals surface area contributed by atoms with Gasteiger partial charge in [-0.2, -0.15) is 0 Å². The molecule has 1 aromatic rings. The van der Waals surface area contributed by atoms with E-state index in [1.165, 1.54) is 0 Å². The van der Waals surface area contributed by atoms with Gasteiger partial charge in [-0.25, -0.2) is 0 Å². The monoisotopic (exact) mass is 207 g/mol. The summed E-state index contributed by atoms with van der Waals surface area (Å²) in [5.74, 6) is 0.282. The number of phenolic OH excluding ortho intramolecular Hbond substituents is 1. The summed E-state index contributed by atoms with van der Waals surface area (Å²) in [4.78, 5) is 0. The molecule has 0 aliphatic heterocycles. The average molecular weight is 207 g/mol. The molecule has 3 nitrogen and oxygen atoms in total. The Kier molecular flexibility index (Phi) is 2.82. The van der Waals surface area contributed by atoms with Crippen molar-refractivity contribution in [3.05, 3.63) is 23.8 Å². The zero-order valence-corrected chi connectivity index (χ0v) is 8.90. The Balaban J connectivity index is 2.10. The molecule has 82 valence electrons. The normalized spacial score (nSPS) is 25.5. The molecule has 3 heteroatoms. The average Bonchev–Trinajstić information content (AvgIpc) is 2.57. The van der Waals surface area contributed by atoms with Crippen LogP contribution in [0.3, 0.4) is 0 Å². The lowest BCUT2D eigenvalue weighted by atomic mass is 10.1. The van der Waals surface area contributed by atoms with Gasteiger partial charge in [0.2, 0.25) is 0 Å². The molecule has 3 N–H and O–H groups in total. The molecule has 0 radical (unpaired) electrons. The fourth-order valence-corrected chi connectivity index (χ4v) is 2.12. The molecule has 1 aliphatic carbocycles. The Morgan fingerprint density at radius 1 is 1.33 bits per heavy atom. The molecule has 1 saturated carbocycles. The summed E-state index contributed by atoms with van der Waals surface area (Å²) in [5.41, 5.74) is 2.01. The molecule has 0 bridgehead atoms. The number of anilines is 1. The molecular weight excluding hydrogens is 190 g/mol. The van der Waals surface area contributed by atoms with Crippen LogP contribution >= 0.6 is 0 Å². The first-order valence-electron chi connectivity index (χ1n) is 5.41. The van der Waals surface area contributed by atoms with E-state index in [-0.39, 0.29) is 17.9 Å². The van der Waals surface area contributed by atoms with Crippen molar-refractivity contribution < 1.29 is 10.2 Å². The van der Waals surface area contributed by atoms with E-state index in [4.69, 9.17) is 0 Å². The summed E-state index contributed by atoms with van der Waals surface area (Å²) in [6.45, 7) is 1.95. The van der Waals surface area contributed by atoms with Crippen molar-refractivity contribution in [2.24, 2.45) is 0 Å². The number of aromatic hydroxyl groups is 1. The Bertz CT molecular complexity index is 351. The first kappa shape index (κ1) is 10.3. The lowest BCUT2D eigenvalue weighted by Crippen LogP contribution is -2.28. The highest BCUT2D eigenvalue weighted by Gasteiger charge is 2.25. The maximum atomic E-state index is 9.68. The zero-order valence-electron chi connectivity index (χ0n) is 8.90. The quantitative estimate of drug-likeness (QED) is 0.650. The number of aliphatic hydroxyl groups is 1. The zero-order chi connectivity index (χ0) is 10.8. The predicted octanol–water partition coefficient (Wildman–Crippen LogP) is 2.03. The van der Waals surface area contributed by atoms with Crippen LogP contribution in [0.25, 0.3) is 0 Å². The Hall–Kier alpha value is -1.22. The third kappa shape index (κ3) is 2.23. The third-order valence-corrected chi connectivity index (χ3v) is 3.03. The van der Waals surface area contributed by atoms with Gasteiger partial charge in [0, 0.05) is 5.69 Å². The van der Waals surface area contributed by atoms with E-state index < -0.39 is 0 Å². The predicted molar refractivity (Wildman–Crippen MR) is 60.1 cm³/mol. The van der Waals surface area contributed by atoms with Crippen LogP contribution in [0, 0.1) is 6.92 Å². The minimum Gasteiger partial charge on any atom is -0.508 e. The summed E-state index contributed by atoms with van der Waals surface area (Å²) in [6, 6.07) is 5.41. The van der Waals surface area contributed by atoms with Crippen molar-refractivity contribution in [2.75, 3.05) is 5.32 Å². The molecule has 2 atom stereocenters. The number of benzene rings is 1. The largest absolute Gasteiger partial charge is 0.508 e. The second-order valence-electron chi connectivity index (χ2n) is 4.25. The van der Waals surface area contributed by atoms with Crippen molar-refractivity contribution >= 4 is 5.69 Å². The molecule has 0 spiro atoms. The fourth-order valence-electron chi connectivity index (χ4n) is 2.12. The van der Waals surface area contributed by atoms with Gasteiger partial charge >= 0.3 is 0 Å². The Morgan fingerprint density at radius 3 is 2.73 bits per heavy atom. The van der Waals surface area contributed by atoms with Crippen LogP contribution in [0.4, 0.5) is 5.69 Å². The van der Waals surface area contributed by atoms with Gasteiger partial charge in [0.1, 0.15) is 5.75 Å². The van der Waals surface area contributed by atoms with Crippen LogP contribution in [-0.2, 0) is 0 Å². The number of aliphatic hydroxyl groups excluding tert-OH is 1. The Morgan fingerprint density at radius 2 is 2.13 bits per heavy atom. The van der Waals surface area contributed by atoms with Gasteiger partial charge in [-0.05, 0) is 49.9 Å². The highest BCUT2D eigenvalue weighted by atomic mass is 16.3. The fraction of sp³-hybridized carbons (Fsp3) is 0.500. The highest BCUT2D eigenvalue weighted by molar-refractivity contribution is 5.54. The van der Waals surface area contributed by atoms with Crippen molar-refractivity contribution in [2.45, 2.75) is 38.3 Å². The van der Waals surface area contributed by atoms with Gasteiger partial charge in [0.15, 0.2) is 0 Å². The molecule has 15 heavy (non-hydrogen) atoms. The van der Waals surface area contributed by atoms with Gasteiger partial charge < -0.3 is 15.5 Å². The lowest BCUT2D eigenvalue weighted by Gasteiger charge is -2.19. The van der Waals surface area contributed by atoms with E-state index >= 15 is 0 Å². The molecule has 0 aromatic heterocycles. The summed E-state index contributed by atoms with van der Waals surface area (Å²) in [7, 11) is 0. The number of phenols is 1. The number of hydrogen-bond acceptors (Lipinski definition) is 3. The van der Waals surface area contributed by atoms with Crippen molar-refractivity contribution in [3.63, 3.8) is 0 Å². The van der Waals surface area contributed by atoms with Crippen molar-refractivity contribution in [3.8, 4) is 5.75 Å². The second-order valence-corrected chi connectivity index (χ2v) is 4.25. The minimum absolute atomic E-state index is 0.160. The minimum atomic E-state index is -0.238. The van der Waals surface area contributed by atoms with Crippen LogP contribution < -0.4 is 5.32 Å². The van der Waals surface area contributed by atoms with Crippen LogP contribution in [0.2, 0.25) is 0 Å². The van der Waals surface area contributed by atoms with Gasteiger partial charge in [-0.15, -0.1) is 0 Å². The maximum absolute atomic E-state index is 9.68. The van der Waals surface area contributed by atoms with E-state index in [2.05, 4.69) is 5.32 Å². The number of rotatable bonds is 2. The molecule has 1 fully saturated rings. The van der Waals surface area contributed by atoms with Crippen molar-refractivity contribution in [1.29, 1.82) is 0 Å². The summed E-state index contributed by atoms with van der Waals surface area (Å²) in [6.07, 6.45) is 2.74. The van der Waals surface area contributed by atoms with Crippen molar-refractivity contribution in [1.82, 2.24) is 0 Å². The first-order valence-corrected chi connectivity index (χ1v) is 5.41. The van der Waals surface area contributed by atoms with Gasteiger partial charge in [-0.1, -0.05) is 0 Å². The van der Waals surface area contributed by atoms with E-state index in [0.717, 1.165) is 30.5 Å². The van der Waals surface area contributed by atoms with E-state index in [9.17, 15) is 10.2 Å². The SMILES string of the molecule is Cc1cc(O)ccc1N[C@@H]1CCC[C@H]1O. The van der Waals surface area contributed by atoms with Gasteiger partial charge in [0.05, 0.1) is 12.1 Å². The molecule has 0 heterocycles. The van der Waals surface area contributed by atoms with Crippen LogP contribution in [0.5, 0.6) is 5.75 Å². The number of hydrogen-bond donors (Lipinski definition) is 3. The van der Waals surface area contributed by atoms with Gasteiger partial charge in [0.25, 0.3) is 0 Å². The maximum Gasteiger partial charge on any atom is 0.115 e. The van der Waals surface area contributed by atoms with E-state index in [1.54, 1.807) is 12.1 Å². The van der Waals surface area contributed by atoms with E-state index in [1.807, 2.05) is 13.0 Å². The smallest absolute Gasteiger partial charge is 0.115 e. The van der Waals surface area contributed by atoms with E-state index in [0.29, 0.717) is 0 Å². The van der Waals surface area contributed by atoms with Gasteiger partial charge in [-0.3, -0.25) is 0 Å². The summed E-state index contributed by atoms with van der Waals surface area (Å²) >= 11 is 0. The molecule has 0 unspecified atom stereocenters. The first-order chi connectivity index (χ1) is 7.16. The summed E-state index contributed by atoms with van der Waals surface area (Å²) in [5, 5.41) is 22.3. The molecule has 1 aromatic carbocycles. The standard InChI is InChI=1S/C12H17NO2/c1-8-7-9(14)5-6-10(8)13-11-3-2-4-12(11)15/h5-7,11-15H,2-4H2,1H3/t11-,12-/m1/s1. The van der Waals surface area contributed by atoms with Crippen LogP contribution in [0.15, 0.2) is 18.2 Å². The Labute approximate surface area is 89.8 Å². The van der Waals surface area contributed by atoms with Crippen LogP contribution in [-0.4, -0.2) is 22.4 Å².